The molecule has 2 N–H and O–H groups in total. The first kappa shape index (κ1) is 22.8. The third kappa shape index (κ3) is 5.16. The summed E-state index contributed by atoms with van der Waals surface area (Å²) in [4.78, 5) is 29.4. The number of anilines is 2. The van der Waals surface area contributed by atoms with Crippen LogP contribution in [0.3, 0.4) is 0 Å². The van der Waals surface area contributed by atoms with Crippen LogP contribution in [0.25, 0.3) is 11.0 Å². The number of carbonyl (C=O) groups is 2. The number of rotatable bonds is 9. The predicted molar refractivity (Wildman–Crippen MR) is 124 cm³/mol. The second kappa shape index (κ2) is 10.0. The Morgan fingerprint density at radius 1 is 1.39 bits per heavy atom. The Morgan fingerprint density at radius 3 is 2.91 bits per heavy atom. The molecule has 2 atom stereocenters. The van der Waals surface area contributed by atoms with Crippen molar-refractivity contribution in [2.75, 3.05) is 24.4 Å². The molecule has 4 rings (SSSR count). The molecular weight excluding hydrogens is 424 g/mol. The number of methoxy groups -OCH3 is 1. The molecule has 0 bridgehead atoms. The van der Waals surface area contributed by atoms with Crippen LogP contribution in [-0.4, -0.2) is 57.1 Å². The summed E-state index contributed by atoms with van der Waals surface area (Å²) in [6, 6.07) is 3.97. The van der Waals surface area contributed by atoms with E-state index < -0.39 is 5.97 Å². The van der Waals surface area contributed by atoms with Crippen molar-refractivity contribution in [3.05, 3.63) is 36.4 Å². The number of amides is 1. The summed E-state index contributed by atoms with van der Waals surface area (Å²) in [6.45, 7) is 5.45. The van der Waals surface area contributed by atoms with Gasteiger partial charge >= 0.3 is 5.97 Å². The number of ether oxygens (including phenoxy) is 2. The van der Waals surface area contributed by atoms with Crippen LogP contribution in [0.4, 0.5) is 11.4 Å². The van der Waals surface area contributed by atoms with Crippen molar-refractivity contribution in [3.63, 3.8) is 0 Å². The molecule has 1 aliphatic rings. The third-order valence-electron chi connectivity index (χ3n) is 5.75. The molecule has 3 aromatic heterocycles. The van der Waals surface area contributed by atoms with Gasteiger partial charge in [-0.05, 0) is 38.3 Å². The van der Waals surface area contributed by atoms with Crippen molar-refractivity contribution >= 4 is 34.3 Å². The minimum absolute atomic E-state index is 0.0175. The van der Waals surface area contributed by atoms with Crippen molar-refractivity contribution in [2.24, 2.45) is 0 Å². The lowest BCUT2D eigenvalue weighted by Gasteiger charge is -2.16. The highest BCUT2D eigenvalue weighted by atomic mass is 16.5. The van der Waals surface area contributed by atoms with Gasteiger partial charge in [-0.1, -0.05) is 0 Å². The summed E-state index contributed by atoms with van der Waals surface area (Å²) in [7, 11) is 1.33. The van der Waals surface area contributed by atoms with Crippen LogP contribution in [0.5, 0.6) is 0 Å². The van der Waals surface area contributed by atoms with Crippen molar-refractivity contribution < 1.29 is 19.1 Å². The van der Waals surface area contributed by atoms with E-state index in [0.29, 0.717) is 29.9 Å². The maximum atomic E-state index is 12.8. The number of pyridine rings is 1. The van der Waals surface area contributed by atoms with Crippen LogP contribution in [0.2, 0.25) is 0 Å². The molecule has 33 heavy (non-hydrogen) atoms. The molecule has 0 radical (unpaired) electrons. The third-order valence-corrected chi connectivity index (χ3v) is 5.75. The summed E-state index contributed by atoms with van der Waals surface area (Å²) >= 11 is 0. The SMILES string of the molecule is COC(=O)c1c(NC(C)=O)c2cc(N[C@H](C)CCn3cccn3)cnc2n1C[C@@H]1CCCO1. The van der Waals surface area contributed by atoms with E-state index in [-0.39, 0.29) is 23.7 Å². The first-order chi connectivity index (χ1) is 16.0. The van der Waals surface area contributed by atoms with Crippen LogP contribution in [-0.2, 0) is 27.4 Å². The number of aromatic nitrogens is 4. The van der Waals surface area contributed by atoms with Gasteiger partial charge in [-0.3, -0.25) is 9.48 Å². The highest BCUT2D eigenvalue weighted by Gasteiger charge is 2.28. The number of hydrogen-bond donors (Lipinski definition) is 2. The van der Waals surface area contributed by atoms with Crippen LogP contribution < -0.4 is 10.6 Å². The molecule has 0 unspecified atom stereocenters. The van der Waals surface area contributed by atoms with Crippen molar-refractivity contribution in [3.8, 4) is 0 Å². The van der Waals surface area contributed by atoms with E-state index in [1.165, 1.54) is 14.0 Å². The average molecular weight is 455 g/mol. The lowest BCUT2D eigenvalue weighted by molar-refractivity contribution is -0.114. The normalized spacial score (nSPS) is 16.6. The fraction of sp³-hybridized carbons (Fsp3) is 0.478. The number of fused-ring (bicyclic) bond motifs is 1. The predicted octanol–water partition coefficient (Wildman–Crippen LogP) is 3.05. The maximum absolute atomic E-state index is 12.8. The topological polar surface area (TPSA) is 112 Å². The standard InChI is InChI=1S/C23H30N6O4/c1-15(7-10-28-9-5-8-25-28)26-17-12-19-20(27-16(2)30)21(23(31)32-3)29(22(19)24-13-17)14-18-6-4-11-33-18/h5,8-9,12-13,15,18,26H,4,6-7,10-11,14H2,1-3H3,(H,27,30)/t15-,18+/m1/s1. The second-order valence-electron chi connectivity index (χ2n) is 8.34. The molecule has 0 spiro atoms. The zero-order chi connectivity index (χ0) is 23.4. The molecule has 1 amide bonds. The van der Waals surface area contributed by atoms with Crippen LogP contribution in [0.15, 0.2) is 30.7 Å². The molecule has 176 valence electrons. The first-order valence-electron chi connectivity index (χ1n) is 11.2. The molecule has 0 aromatic carbocycles. The van der Waals surface area contributed by atoms with Crippen molar-refractivity contribution in [1.82, 2.24) is 19.3 Å². The molecule has 1 fully saturated rings. The number of esters is 1. The summed E-state index contributed by atoms with van der Waals surface area (Å²) < 4.78 is 14.5. The quantitative estimate of drug-likeness (QED) is 0.478. The van der Waals surface area contributed by atoms with Gasteiger partial charge in [0, 0.05) is 43.9 Å². The van der Waals surface area contributed by atoms with Crippen LogP contribution in [0.1, 0.15) is 43.6 Å². The first-order valence-corrected chi connectivity index (χ1v) is 11.2. The molecule has 3 aromatic rings. The highest BCUT2D eigenvalue weighted by Crippen LogP contribution is 2.34. The molecule has 1 aliphatic heterocycles. The van der Waals surface area contributed by atoms with E-state index in [1.807, 2.05) is 23.0 Å². The molecule has 0 aliphatic carbocycles. The number of carbonyl (C=O) groups excluding carboxylic acids is 2. The lowest BCUT2D eigenvalue weighted by atomic mass is 10.2. The fourth-order valence-corrected chi connectivity index (χ4v) is 4.20. The van der Waals surface area contributed by atoms with Gasteiger partial charge in [0.25, 0.3) is 0 Å². The van der Waals surface area contributed by atoms with Crippen LogP contribution in [0, 0.1) is 0 Å². The minimum Gasteiger partial charge on any atom is -0.464 e. The number of nitrogens with one attached hydrogen (secondary N) is 2. The number of hydrogen-bond acceptors (Lipinski definition) is 7. The molecule has 1 saturated heterocycles. The van der Waals surface area contributed by atoms with Gasteiger partial charge < -0.3 is 24.7 Å². The van der Waals surface area contributed by atoms with Crippen molar-refractivity contribution in [1.29, 1.82) is 0 Å². The number of nitrogens with zero attached hydrogens (tertiary/aromatic N) is 4. The van der Waals surface area contributed by atoms with Gasteiger partial charge in [-0.2, -0.15) is 5.10 Å². The Balaban J connectivity index is 1.67. The average Bonchev–Trinajstić information content (AvgIpc) is 3.54. The Hall–Kier alpha value is -3.40. The highest BCUT2D eigenvalue weighted by molar-refractivity contribution is 6.10. The Labute approximate surface area is 192 Å². The van der Waals surface area contributed by atoms with Gasteiger partial charge in [0.2, 0.25) is 5.91 Å². The molecule has 10 heteroatoms. The molecular formula is C23H30N6O4. The molecule has 4 heterocycles. The Bertz CT molecular complexity index is 1120. The van der Waals surface area contributed by atoms with Gasteiger partial charge in [0.05, 0.1) is 37.3 Å². The van der Waals surface area contributed by atoms with E-state index in [0.717, 1.165) is 31.5 Å². The van der Waals surface area contributed by atoms with Crippen molar-refractivity contribution in [2.45, 2.75) is 58.3 Å². The van der Waals surface area contributed by atoms with E-state index >= 15 is 0 Å². The maximum Gasteiger partial charge on any atom is 0.356 e. The van der Waals surface area contributed by atoms with E-state index in [4.69, 9.17) is 9.47 Å². The fourth-order valence-electron chi connectivity index (χ4n) is 4.20. The summed E-state index contributed by atoms with van der Waals surface area (Å²) in [5.74, 6) is -0.806. The molecule has 0 saturated carbocycles. The van der Waals surface area contributed by atoms with E-state index in [2.05, 4.69) is 27.6 Å². The van der Waals surface area contributed by atoms with Gasteiger partial charge in [-0.15, -0.1) is 0 Å². The van der Waals surface area contributed by atoms with E-state index in [9.17, 15) is 9.59 Å². The minimum atomic E-state index is -0.531. The monoisotopic (exact) mass is 454 g/mol. The lowest BCUT2D eigenvalue weighted by Crippen LogP contribution is -2.21. The summed E-state index contributed by atoms with van der Waals surface area (Å²) in [6.07, 6.45) is 8.18. The largest absolute Gasteiger partial charge is 0.464 e. The zero-order valence-corrected chi connectivity index (χ0v) is 19.2. The second-order valence-corrected chi connectivity index (χ2v) is 8.34. The Morgan fingerprint density at radius 2 is 2.24 bits per heavy atom. The van der Waals surface area contributed by atoms with E-state index in [1.54, 1.807) is 17.0 Å². The smallest absolute Gasteiger partial charge is 0.356 e. The van der Waals surface area contributed by atoms with Crippen LogP contribution >= 0.6 is 0 Å². The van der Waals surface area contributed by atoms with Gasteiger partial charge in [0.1, 0.15) is 5.65 Å². The van der Waals surface area contributed by atoms with Gasteiger partial charge in [-0.25, -0.2) is 9.78 Å². The molecule has 10 nitrogen and oxygen atoms in total. The Kier molecular flexibility index (Phi) is 6.93. The van der Waals surface area contributed by atoms with Gasteiger partial charge in [0.15, 0.2) is 5.69 Å². The summed E-state index contributed by atoms with van der Waals surface area (Å²) in [5, 5.41) is 11.2. The zero-order valence-electron chi connectivity index (χ0n) is 19.2. The number of aryl methyl sites for hydroxylation is 1. The summed E-state index contributed by atoms with van der Waals surface area (Å²) in [5.41, 5.74) is 2.08.